The Hall–Kier alpha value is -1.55. The van der Waals surface area contributed by atoms with Gasteiger partial charge in [-0.3, -0.25) is 9.59 Å². The van der Waals surface area contributed by atoms with Gasteiger partial charge in [-0.25, -0.2) is 0 Å². The molecule has 0 fully saturated rings. The number of hydrogen-bond donors (Lipinski definition) is 0. The fraction of sp³-hybridized carbons (Fsp3) is 0.333. The Morgan fingerprint density at radius 3 is 2.00 bits per heavy atom. The van der Waals surface area contributed by atoms with E-state index in [9.17, 15) is 9.59 Å². The van der Waals surface area contributed by atoms with Gasteiger partial charge in [-0.2, -0.15) is 0 Å². The molecule has 17 heavy (non-hydrogen) atoms. The summed E-state index contributed by atoms with van der Waals surface area (Å²) in [5, 5.41) is 0.599. The fourth-order valence-electron chi connectivity index (χ4n) is 1.40. The number of carbonyl (C=O) groups is 2. The van der Waals surface area contributed by atoms with Crippen LogP contribution in [0.1, 0.15) is 5.56 Å². The van der Waals surface area contributed by atoms with Crippen LogP contribution in [0.3, 0.4) is 0 Å². The highest BCUT2D eigenvalue weighted by Gasteiger charge is 2.28. The van der Waals surface area contributed by atoms with Gasteiger partial charge in [-0.1, -0.05) is 23.7 Å². The summed E-state index contributed by atoms with van der Waals surface area (Å²) in [5.41, 5.74) is 0.815. The SMILES string of the molecule is COC(=O)C(Cc1ccc(Cl)cc1)C(=O)OC. The van der Waals surface area contributed by atoms with Crippen LogP contribution in [0.15, 0.2) is 24.3 Å². The summed E-state index contributed by atoms with van der Waals surface area (Å²) in [6.07, 6.45) is 0.233. The molecule has 0 aliphatic rings. The zero-order valence-corrected chi connectivity index (χ0v) is 10.4. The zero-order chi connectivity index (χ0) is 12.8. The summed E-state index contributed by atoms with van der Waals surface area (Å²) in [4.78, 5) is 22.9. The highest BCUT2D eigenvalue weighted by molar-refractivity contribution is 6.30. The predicted octanol–water partition coefficient (Wildman–Crippen LogP) is 1.84. The van der Waals surface area contributed by atoms with Gasteiger partial charge in [0.15, 0.2) is 5.92 Å². The maximum atomic E-state index is 11.4. The largest absolute Gasteiger partial charge is 0.468 e. The van der Waals surface area contributed by atoms with Crippen molar-refractivity contribution >= 4 is 23.5 Å². The zero-order valence-electron chi connectivity index (χ0n) is 9.60. The van der Waals surface area contributed by atoms with Crippen LogP contribution in [0.2, 0.25) is 5.02 Å². The van der Waals surface area contributed by atoms with E-state index in [0.717, 1.165) is 5.56 Å². The highest BCUT2D eigenvalue weighted by Crippen LogP contribution is 2.15. The van der Waals surface area contributed by atoms with Crippen LogP contribution in [0.25, 0.3) is 0 Å². The molecule has 1 rings (SSSR count). The number of halogens is 1. The average Bonchev–Trinajstić information content (AvgIpc) is 2.36. The van der Waals surface area contributed by atoms with Crippen molar-refractivity contribution in [3.63, 3.8) is 0 Å². The van der Waals surface area contributed by atoms with E-state index in [0.29, 0.717) is 5.02 Å². The van der Waals surface area contributed by atoms with Gasteiger partial charge >= 0.3 is 11.9 Å². The molecule has 1 aromatic rings. The molecule has 0 aliphatic heterocycles. The standard InChI is InChI=1S/C12H13ClO4/c1-16-11(14)10(12(15)17-2)7-8-3-5-9(13)6-4-8/h3-6,10H,7H2,1-2H3. The van der Waals surface area contributed by atoms with Gasteiger partial charge in [0.25, 0.3) is 0 Å². The van der Waals surface area contributed by atoms with E-state index in [-0.39, 0.29) is 6.42 Å². The second-order valence-electron chi connectivity index (χ2n) is 3.43. The quantitative estimate of drug-likeness (QED) is 0.609. The number of rotatable bonds is 4. The Labute approximate surface area is 104 Å². The first-order valence-corrected chi connectivity index (χ1v) is 5.36. The number of esters is 2. The van der Waals surface area contributed by atoms with Crippen LogP contribution >= 0.6 is 11.6 Å². The lowest BCUT2D eigenvalue weighted by atomic mass is 9.99. The first-order chi connectivity index (χ1) is 8.08. The van der Waals surface area contributed by atoms with Crippen LogP contribution in [0.5, 0.6) is 0 Å². The molecule has 0 spiro atoms. The van der Waals surface area contributed by atoms with Crippen molar-refractivity contribution in [2.75, 3.05) is 14.2 Å². The molecule has 0 heterocycles. The molecular formula is C12H13ClO4. The van der Waals surface area contributed by atoms with Crippen molar-refractivity contribution in [1.82, 2.24) is 0 Å². The Morgan fingerprint density at radius 2 is 1.59 bits per heavy atom. The Balaban J connectivity index is 2.82. The molecule has 4 nitrogen and oxygen atoms in total. The van der Waals surface area contributed by atoms with Crippen LogP contribution in [0, 0.1) is 5.92 Å². The van der Waals surface area contributed by atoms with E-state index in [4.69, 9.17) is 11.6 Å². The first-order valence-electron chi connectivity index (χ1n) is 4.98. The molecule has 0 saturated heterocycles. The third-order valence-corrected chi connectivity index (χ3v) is 2.58. The molecule has 92 valence electrons. The number of methoxy groups -OCH3 is 2. The van der Waals surface area contributed by atoms with Crippen molar-refractivity contribution in [2.24, 2.45) is 5.92 Å². The van der Waals surface area contributed by atoms with Crippen molar-refractivity contribution in [1.29, 1.82) is 0 Å². The lowest BCUT2D eigenvalue weighted by Crippen LogP contribution is -2.28. The van der Waals surface area contributed by atoms with Gasteiger partial charge in [-0.05, 0) is 24.1 Å². The summed E-state index contributed by atoms with van der Waals surface area (Å²) in [6.45, 7) is 0. The molecule has 0 unspecified atom stereocenters. The van der Waals surface area contributed by atoms with Gasteiger partial charge < -0.3 is 9.47 Å². The normalized spacial score (nSPS) is 10.1. The number of hydrogen-bond acceptors (Lipinski definition) is 4. The monoisotopic (exact) mass is 256 g/mol. The van der Waals surface area contributed by atoms with E-state index in [1.807, 2.05) is 0 Å². The maximum absolute atomic E-state index is 11.4. The second kappa shape index (κ2) is 6.25. The molecule has 0 bridgehead atoms. The van der Waals surface area contributed by atoms with Crippen molar-refractivity contribution < 1.29 is 19.1 Å². The highest BCUT2D eigenvalue weighted by atomic mass is 35.5. The lowest BCUT2D eigenvalue weighted by Gasteiger charge is -2.12. The van der Waals surface area contributed by atoms with Gasteiger partial charge in [0.2, 0.25) is 0 Å². The van der Waals surface area contributed by atoms with Crippen molar-refractivity contribution in [3.05, 3.63) is 34.9 Å². The fourth-order valence-corrected chi connectivity index (χ4v) is 1.53. The molecule has 0 saturated carbocycles. The van der Waals surface area contributed by atoms with E-state index in [1.54, 1.807) is 24.3 Å². The number of carbonyl (C=O) groups excluding carboxylic acids is 2. The lowest BCUT2D eigenvalue weighted by molar-refractivity contribution is -0.158. The third kappa shape index (κ3) is 3.75. The molecule has 1 aromatic carbocycles. The summed E-state index contributed by atoms with van der Waals surface area (Å²) in [7, 11) is 2.47. The molecule has 0 N–H and O–H groups in total. The molecular weight excluding hydrogens is 244 g/mol. The average molecular weight is 257 g/mol. The molecule has 5 heteroatoms. The Kier molecular flexibility index (Phi) is 4.97. The van der Waals surface area contributed by atoms with Crippen LogP contribution in [0.4, 0.5) is 0 Å². The summed E-state index contributed by atoms with van der Waals surface area (Å²) in [5.74, 6) is -2.15. The number of ether oxygens (including phenoxy) is 2. The van der Waals surface area contributed by atoms with Gasteiger partial charge in [-0.15, -0.1) is 0 Å². The van der Waals surface area contributed by atoms with E-state index in [1.165, 1.54) is 14.2 Å². The minimum Gasteiger partial charge on any atom is -0.468 e. The third-order valence-electron chi connectivity index (χ3n) is 2.32. The van der Waals surface area contributed by atoms with Gasteiger partial charge in [0.1, 0.15) is 0 Å². The Morgan fingerprint density at radius 1 is 1.12 bits per heavy atom. The minimum absolute atomic E-state index is 0.233. The van der Waals surface area contributed by atoms with E-state index < -0.39 is 17.9 Å². The molecule has 0 amide bonds. The van der Waals surface area contributed by atoms with E-state index >= 15 is 0 Å². The predicted molar refractivity (Wildman–Crippen MR) is 62.7 cm³/mol. The van der Waals surface area contributed by atoms with Crippen LogP contribution < -0.4 is 0 Å². The molecule has 0 aliphatic carbocycles. The van der Waals surface area contributed by atoms with Crippen molar-refractivity contribution in [3.8, 4) is 0 Å². The molecule has 0 radical (unpaired) electrons. The van der Waals surface area contributed by atoms with Crippen LogP contribution in [-0.4, -0.2) is 26.2 Å². The number of benzene rings is 1. The maximum Gasteiger partial charge on any atom is 0.320 e. The second-order valence-corrected chi connectivity index (χ2v) is 3.87. The summed E-state index contributed by atoms with van der Waals surface area (Å²) in [6, 6.07) is 6.90. The Bertz CT molecular complexity index is 383. The summed E-state index contributed by atoms with van der Waals surface area (Å²) >= 11 is 5.74. The van der Waals surface area contributed by atoms with Gasteiger partial charge in [0, 0.05) is 5.02 Å². The molecule has 0 atom stereocenters. The van der Waals surface area contributed by atoms with Crippen LogP contribution in [-0.2, 0) is 25.5 Å². The van der Waals surface area contributed by atoms with E-state index in [2.05, 4.69) is 9.47 Å². The topological polar surface area (TPSA) is 52.6 Å². The summed E-state index contributed by atoms with van der Waals surface area (Å²) < 4.78 is 9.13. The van der Waals surface area contributed by atoms with Gasteiger partial charge in [0.05, 0.1) is 14.2 Å². The molecule has 0 aromatic heterocycles. The smallest absolute Gasteiger partial charge is 0.320 e. The first kappa shape index (κ1) is 13.5. The van der Waals surface area contributed by atoms with Crippen molar-refractivity contribution in [2.45, 2.75) is 6.42 Å². The minimum atomic E-state index is -0.939.